The number of hydrogen-bond donors (Lipinski definition) is 1. The van der Waals surface area contributed by atoms with Crippen LogP contribution in [0.3, 0.4) is 0 Å². The molecule has 116 valence electrons. The minimum Gasteiger partial charge on any atom is -0.481 e. The SMILES string of the molecule is Cc1ccc(N(CCC(=O)O)S(=O)(=O)N2CCCC2)cc1. The summed E-state index contributed by atoms with van der Waals surface area (Å²) in [4.78, 5) is 10.8. The summed E-state index contributed by atoms with van der Waals surface area (Å²) in [6.07, 6.45) is 1.47. The minimum absolute atomic E-state index is 0.0583. The molecule has 1 heterocycles. The van der Waals surface area contributed by atoms with E-state index in [4.69, 9.17) is 5.11 Å². The van der Waals surface area contributed by atoms with E-state index in [9.17, 15) is 13.2 Å². The summed E-state index contributed by atoms with van der Waals surface area (Å²) >= 11 is 0. The zero-order chi connectivity index (χ0) is 15.5. The zero-order valence-electron chi connectivity index (χ0n) is 12.0. The van der Waals surface area contributed by atoms with Gasteiger partial charge in [0.25, 0.3) is 0 Å². The Morgan fingerprint density at radius 3 is 2.33 bits per heavy atom. The van der Waals surface area contributed by atoms with Gasteiger partial charge >= 0.3 is 16.2 Å². The van der Waals surface area contributed by atoms with E-state index in [1.165, 1.54) is 8.61 Å². The van der Waals surface area contributed by atoms with Gasteiger partial charge in [0.2, 0.25) is 0 Å². The van der Waals surface area contributed by atoms with Crippen molar-refractivity contribution >= 4 is 21.9 Å². The van der Waals surface area contributed by atoms with Crippen molar-refractivity contribution in [2.24, 2.45) is 0 Å². The van der Waals surface area contributed by atoms with E-state index in [0.717, 1.165) is 18.4 Å². The van der Waals surface area contributed by atoms with Crippen LogP contribution in [0, 0.1) is 6.92 Å². The van der Waals surface area contributed by atoms with Gasteiger partial charge in [-0.15, -0.1) is 0 Å². The Hall–Kier alpha value is -1.60. The lowest BCUT2D eigenvalue weighted by Gasteiger charge is -2.28. The predicted molar refractivity (Wildman–Crippen MR) is 80.5 cm³/mol. The average Bonchev–Trinajstić information content (AvgIpc) is 2.95. The summed E-state index contributed by atoms with van der Waals surface area (Å²) in [6, 6.07) is 7.07. The summed E-state index contributed by atoms with van der Waals surface area (Å²) in [5.74, 6) is -1.01. The second kappa shape index (κ2) is 6.44. The van der Waals surface area contributed by atoms with Gasteiger partial charge in [0.1, 0.15) is 0 Å². The summed E-state index contributed by atoms with van der Waals surface area (Å²) < 4.78 is 28.0. The van der Waals surface area contributed by atoms with Gasteiger partial charge in [-0.2, -0.15) is 12.7 Å². The Kier molecular flexibility index (Phi) is 4.84. The Balaban J connectivity index is 2.30. The standard InChI is InChI=1S/C14H20N2O4S/c1-12-4-6-13(7-5-12)16(11-8-14(17)18)21(19,20)15-9-2-3-10-15/h4-7H,2-3,8-11H2,1H3,(H,17,18). The highest BCUT2D eigenvalue weighted by atomic mass is 32.2. The lowest BCUT2D eigenvalue weighted by atomic mass is 10.2. The highest BCUT2D eigenvalue weighted by molar-refractivity contribution is 7.90. The first-order chi connectivity index (χ1) is 9.91. The number of carboxylic acid groups (broad SMARTS) is 1. The van der Waals surface area contributed by atoms with Gasteiger partial charge in [-0.3, -0.25) is 9.10 Å². The van der Waals surface area contributed by atoms with E-state index >= 15 is 0 Å². The van der Waals surface area contributed by atoms with Crippen molar-refractivity contribution in [3.63, 3.8) is 0 Å². The number of carbonyl (C=O) groups is 1. The molecule has 0 radical (unpaired) electrons. The van der Waals surface area contributed by atoms with Gasteiger partial charge in [-0.05, 0) is 31.9 Å². The Morgan fingerprint density at radius 1 is 1.24 bits per heavy atom. The van der Waals surface area contributed by atoms with Crippen LogP contribution in [-0.4, -0.2) is 43.4 Å². The predicted octanol–water partition coefficient (Wildman–Crippen LogP) is 1.62. The molecule has 0 bridgehead atoms. The van der Waals surface area contributed by atoms with Crippen molar-refractivity contribution in [3.05, 3.63) is 29.8 Å². The maximum atomic E-state index is 12.7. The molecular formula is C14H20N2O4S. The first-order valence-electron chi connectivity index (χ1n) is 6.97. The lowest BCUT2D eigenvalue weighted by molar-refractivity contribution is -0.136. The normalized spacial score (nSPS) is 16.0. The molecule has 2 rings (SSSR count). The van der Waals surface area contributed by atoms with Crippen LogP contribution in [0.4, 0.5) is 5.69 Å². The van der Waals surface area contributed by atoms with E-state index in [-0.39, 0.29) is 13.0 Å². The van der Waals surface area contributed by atoms with Crippen molar-refractivity contribution in [2.45, 2.75) is 26.2 Å². The van der Waals surface area contributed by atoms with E-state index in [1.54, 1.807) is 12.1 Å². The number of hydrogen-bond acceptors (Lipinski definition) is 3. The Morgan fingerprint density at radius 2 is 1.81 bits per heavy atom. The fourth-order valence-corrected chi connectivity index (χ4v) is 4.05. The number of aryl methyl sites for hydroxylation is 1. The number of rotatable bonds is 6. The third-order valence-electron chi connectivity index (χ3n) is 3.52. The van der Waals surface area contributed by atoms with Crippen molar-refractivity contribution < 1.29 is 18.3 Å². The molecular weight excluding hydrogens is 292 g/mol. The van der Waals surface area contributed by atoms with Crippen LogP contribution < -0.4 is 4.31 Å². The summed E-state index contributed by atoms with van der Waals surface area (Å²) in [6.45, 7) is 2.85. The molecule has 1 saturated heterocycles. The quantitative estimate of drug-likeness (QED) is 0.866. The van der Waals surface area contributed by atoms with Gasteiger partial charge in [0.15, 0.2) is 0 Å². The molecule has 0 atom stereocenters. The monoisotopic (exact) mass is 312 g/mol. The van der Waals surface area contributed by atoms with E-state index in [1.807, 2.05) is 19.1 Å². The molecule has 0 unspecified atom stereocenters. The molecule has 0 aliphatic carbocycles. The van der Waals surface area contributed by atoms with Crippen LogP contribution in [0.2, 0.25) is 0 Å². The number of anilines is 1. The van der Waals surface area contributed by atoms with Gasteiger partial charge in [0.05, 0.1) is 12.1 Å². The lowest BCUT2D eigenvalue weighted by Crippen LogP contribution is -2.43. The highest BCUT2D eigenvalue weighted by Crippen LogP contribution is 2.24. The molecule has 1 aromatic carbocycles. The second-order valence-electron chi connectivity index (χ2n) is 5.17. The molecule has 1 N–H and O–H groups in total. The Bertz CT molecular complexity index is 592. The molecule has 1 fully saturated rings. The number of nitrogens with zero attached hydrogens (tertiary/aromatic N) is 2. The number of carboxylic acids is 1. The van der Waals surface area contributed by atoms with Crippen LogP contribution in [0.5, 0.6) is 0 Å². The van der Waals surface area contributed by atoms with Gasteiger partial charge in [-0.1, -0.05) is 17.7 Å². The van der Waals surface area contributed by atoms with Crippen LogP contribution in [0.15, 0.2) is 24.3 Å². The molecule has 21 heavy (non-hydrogen) atoms. The van der Waals surface area contributed by atoms with Gasteiger partial charge in [0, 0.05) is 19.6 Å². The largest absolute Gasteiger partial charge is 0.481 e. The van der Waals surface area contributed by atoms with Crippen LogP contribution in [0.25, 0.3) is 0 Å². The topological polar surface area (TPSA) is 77.9 Å². The molecule has 0 saturated carbocycles. The number of aliphatic carboxylic acids is 1. The molecule has 1 aromatic rings. The van der Waals surface area contributed by atoms with Crippen molar-refractivity contribution in [2.75, 3.05) is 23.9 Å². The highest BCUT2D eigenvalue weighted by Gasteiger charge is 2.32. The molecule has 6 nitrogen and oxygen atoms in total. The smallest absolute Gasteiger partial charge is 0.305 e. The third-order valence-corrected chi connectivity index (χ3v) is 5.49. The first-order valence-corrected chi connectivity index (χ1v) is 8.37. The maximum Gasteiger partial charge on any atom is 0.305 e. The van der Waals surface area contributed by atoms with E-state index < -0.39 is 16.2 Å². The van der Waals surface area contributed by atoms with E-state index in [2.05, 4.69) is 0 Å². The molecule has 1 aliphatic heterocycles. The van der Waals surface area contributed by atoms with Crippen molar-refractivity contribution in [3.8, 4) is 0 Å². The van der Waals surface area contributed by atoms with Crippen LogP contribution in [0.1, 0.15) is 24.8 Å². The van der Waals surface area contributed by atoms with Gasteiger partial charge < -0.3 is 5.11 Å². The molecule has 1 aliphatic rings. The second-order valence-corrected chi connectivity index (χ2v) is 7.02. The molecule has 0 spiro atoms. The molecule has 7 heteroatoms. The van der Waals surface area contributed by atoms with Crippen LogP contribution in [-0.2, 0) is 15.0 Å². The summed E-state index contributed by atoms with van der Waals surface area (Å²) in [5.41, 5.74) is 1.53. The van der Waals surface area contributed by atoms with Gasteiger partial charge in [-0.25, -0.2) is 0 Å². The minimum atomic E-state index is -3.66. The first kappa shape index (κ1) is 15.8. The fraction of sp³-hybridized carbons (Fsp3) is 0.500. The Labute approximate surface area is 125 Å². The summed E-state index contributed by atoms with van der Waals surface area (Å²) in [5, 5.41) is 8.85. The third kappa shape index (κ3) is 3.74. The van der Waals surface area contributed by atoms with Crippen LogP contribution >= 0.6 is 0 Å². The maximum absolute atomic E-state index is 12.7. The van der Waals surface area contributed by atoms with Crippen molar-refractivity contribution in [1.82, 2.24) is 4.31 Å². The van der Waals surface area contributed by atoms with E-state index in [0.29, 0.717) is 18.8 Å². The van der Waals surface area contributed by atoms with Crippen molar-refractivity contribution in [1.29, 1.82) is 0 Å². The average molecular weight is 312 g/mol. The number of benzene rings is 1. The fourth-order valence-electron chi connectivity index (χ4n) is 2.34. The molecule has 0 aromatic heterocycles. The summed E-state index contributed by atoms with van der Waals surface area (Å²) in [7, 11) is -3.66. The zero-order valence-corrected chi connectivity index (χ0v) is 12.8. The molecule has 0 amide bonds.